The average Bonchev–Trinajstić information content (AvgIpc) is 2.41. The van der Waals surface area contributed by atoms with E-state index in [1.165, 1.54) is 6.07 Å². The summed E-state index contributed by atoms with van der Waals surface area (Å²) < 4.78 is 24.7. The van der Waals surface area contributed by atoms with E-state index in [0.717, 1.165) is 11.1 Å². The second kappa shape index (κ2) is 6.06. The lowest BCUT2D eigenvalue weighted by molar-refractivity contribution is 0.283. The van der Waals surface area contributed by atoms with Crippen LogP contribution in [0.15, 0.2) is 40.9 Å². The number of halogens is 2. The van der Waals surface area contributed by atoms with Gasteiger partial charge in [-0.15, -0.1) is 0 Å². The topological polar surface area (TPSA) is 18.5 Å². The Labute approximate surface area is 120 Å². The lowest BCUT2D eigenvalue weighted by Gasteiger charge is -2.12. The SMILES string of the molecule is COc1cc(C)ccc1OCc1cccc(F)c1Br. The van der Waals surface area contributed by atoms with Crippen molar-refractivity contribution < 1.29 is 13.9 Å². The zero-order valence-electron chi connectivity index (χ0n) is 10.7. The Balaban J connectivity index is 2.17. The maximum Gasteiger partial charge on any atom is 0.161 e. The molecular formula is C15H14BrFO2. The van der Waals surface area contributed by atoms with E-state index < -0.39 is 0 Å². The molecule has 0 saturated heterocycles. The van der Waals surface area contributed by atoms with Gasteiger partial charge in [-0.25, -0.2) is 4.39 Å². The summed E-state index contributed by atoms with van der Waals surface area (Å²) in [5.74, 6) is 1.02. The van der Waals surface area contributed by atoms with Gasteiger partial charge in [0.25, 0.3) is 0 Å². The third-order valence-electron chi connectivity index (χ3n) is 2.73. The molecule has 19 heavy (non-hydrogen) atoms. The Morgan fingerprint density at radius 3 is 2.68 bits per heavy atom. The first kappa shape index (κ1) is 13.9. The lowest BCUT2D eigenvalue weighted by Crippen LogP contribution is -1.99. The maximum absolute atomic E-state index is 13.4. The monoisotopic (exact) mass is 324 g/mol. The highest BCUT2D eigenvalue weighted by Crippen LogP contribution is 2.29. The summed E-state index contributed by atoms with van der Waals surface area (Å²) in [6, 6.07) is 10.6. The summed E-state index contributed by atoms with van der Waals surface area (Å²) in [4.78, 5) is 0. The van der Waals surface area contributed by atoms with Crippen LogP contribution in [0.2, 0.25) is 0 Å². The van der Waals surface area contributed by atoms with Crippen molar-refractivity contribution in [2.45, 2.75) is 13.5 Å². The van der Waals surface area contributed by atoms with E-state index >= 15 is 0 Å². The quantitative estimate of drug-likeness (QED) is 0.825. The average molecular weight is 325 g/mol. The minimum Gasteiger partial charge on any atom is -0.493 e. The standard InChI is InChI=1S/C15H14BrFO2/c1-10-6-7-13(14(8-10)18-2)19-9-11-4-3-5-12(17)15(11)16/h3-8H,9H2,1-2H3. The second-order valence-electron chi connectivity index (χ2n) is 4.16. The van der Waals surface area contributed by atoms with E-state index in [2.05, 4.69) is 15.9 Å². The van der Waals surface area contributed by atoms with Crippen LogP contribution in [-0.4, -0.2) is 7.11 Å². The molecule has 0 spiro atoms. The summed E-state index contributed by atoms with van der Waals surface area (Å²) in [7, 11) is 1.60. The van der Waals surface area contributed by atoms with Crippen LogP contribution in [0.4, 0.5) is 4.39 Å². The molecule has 0 aromatic heterocycles. The van der Waals surface area contributed by atoms with Crippen LogP contribution in [-0.2, 0) is 6.61 Å². The Kier molecular flexibility index (Phi) is 4.43. The van der Waals surface area contributed by atoms with Crippen molar-refractivity contribution in [3.8, 4) is 11.5 Å². The van der Waals surface area contributed by atoms with Gasteiger partial charge in [0.05, 0.1) is 11.6 Å². The fourth-order valence-corrected chi connectivity index (χ4v) is 2.09. The number of hydrogen-bond acceptors (Lipinski definition) is 2. The van der Waals surface area contributed by atoms with Crippen molar-refractivity contribution in [2.24, 2.45) is 0 Å². The molecule has 0 saturated carbocycles. The molecule has 0 fully saturated rings. The molecule has 0 heterocycles. The summed E-state index contributed by atoms with van der Waals surface area (Å²) in [5, 5.41) is 0. The Morgan fingerprint density at radius 2 is 1.95 bits per heavy atom. The fourth-order valence-electron chi connectivity index (χ4n) is 1.71. The van der Waals surface area contributed by atoms with Crippen molar-refractivity contribution in [1.82, 2.24) is 0 Å². The van der Waals surface area contributed by atoms with Crippen molar-refractivity contribution in [2.75, 3.05) is 7.11 Å². The van der Waals surface area contributed by atoms with E-state index in [-0.39, 0.29) is 12.4 Å². The van der Waals surface area contributed by atoms with Crippen LogP contribution in [0.3, 0.4) is 0 Å². The van der Waals surface area contributed by atoms with Gasteiger partial charge in [0.1, 0.15) is 12.4 Å². The predicted molar refractivity (Wildman–Crippen MR) is 76.2 cm³/mol. The third kappa shape index (κ3) is 3.26. The number of hydrogen-bond donors (Lipinski definition) is 0. The Bertz CT molecular complexity index is 584. The van der Waals surface area contributed by atoms with Gasteiger partial charge in [-0.3, -0.25) is 0 Å². The number of aryl methyl sites for hydroxylation is 1. The van der Waals surface area contributed by atoms with Gasteiger partial charge in [0.15, 0.2) is 11.5 Å². The van der Waals surface area contributed by atoms with Gasteiger partial charge in [-0.05, 0) is 46.6 Å². The second-order valence-corrected chi connectivity index (χ2v) is 4.95. The zero-order chi connectivity index (χ0) is 13.8. The molecule has 2 nitrogen and oxygen atoms in total. The molecule has 0 aliphatic rings. The molecule has 0 atom stereocenters. The van der Waals surface area contributed by atoms with Crippen LogP contribution in [0.5, 0.6) is 11.5 Å². The van der Waals surface area contributed by atoms with Gasteiger partial charge < -0.3 is 9.47 Å². The van der Waals surface area contributed by atoms with Gasteiger partial charge in [-0.2, -0.15) is 0 Å². The summed E-state index contributed by atoms with van der Waals surface area (Å²) in [6.07, 6.45) is 0. The summed E-state index contributed by atoms with van der Waals surface area (Å²) in [5.41, 5.74) is 1.85. The molecule has 0 radical (unpaired) electrons. The van der Waals surface area contributed by atoms with Crippen molar-refractivity contribution in [3.05, 3.63) is 57.8 Å². The maximum atomic E-state index is 13.4. The first-order valence-electron chi connectivity index (χ1n) is 5.82. The predicted octanol–water partition coefficient (Wildman–Crippen LogP) is 4.48. The number of rotatable bonds is 4. The molecule has 0 bridgehead atoms. The molecule has 2 aromatic rings. The molecule has 100 valence electrons. The minimum absolute atomic E-state index is 0.276. The van der Waals surface area contributed by atoms with E-state index in [9.17, 15) is 4.39 Å². The molecule has 4 heteroatoms. The van der Waals surface area contributed by atoms with E-state index in [0.29, 0.717) is 16.0 Å². The number of ether oxygens (including phenoxy) is 2. The van der Waals surface area contributed by atoms with E-state index in [1.807, 2.05) is 31.2 Å². The first-order valence-corrected chi connectivity index (χ1v) is 6.61. The Morgan fingerprint density at radius 1 is 1.16 bits per heavy atom. The van der Waals surface area contributed by atoms with Crippen LogP contribution >= 0.6 is 15.9 Å². The van der Waals surface area contributed by atoms with Crippen molar-refractivity contribution in [3.63, 3.8) is 0 Å². The van der Waals surface area contributed by atoms with Gasteiger partial charge >= 0.3 is 0 Å². The van der Waals surface area contributed by atoms with Crippen LogP contribution in [0.25, 0.3) is 0 Å². The highest BCUT2D eigenvalue weighted by molar-refractivity contribution is 9.10. The van der Waals surface area contributed by atoms with Gasteiger partial charge in [0.2, 0.25) is 0 Å². The van der Waals surface area contributed by atoms with Crippen molar-refractivity contribution >= 4 is 15.9 Å². The molecule has 2 aromatic carbocycles. The normalized spacial score (nSPS) is 10.3. The minimum atomic E-state index is -0.294. The van der Waals surface area contributed by atoms with Crippen molar-refractivity contribution in [1.29, 1.82) is 0 Å². The lowest BCUT2D eigenvalue weighted by atomic mass is 10.2. The molecule has 0 N–H and O–H groups in total. The summed E-state index contributed by atoms with van der Waals surface area (Å²) >= 11 is 3.21. The highest BCUT2D eigenvalue weighted by Gasteiger charge is 2.08. The number of benzene rings is 2. The fraction of sp³-hybridized carbons (Fsp3) is 0.200. The number of methoxy groups -OCH3 is 1. The van der Waals surface area contributed by atoms with Crippen LogP contribution < -0.4 is 9.47 Å². The zero-order valence-corrected chi connectivity index (χ0v) is 12.3. The molecule has 0 aliphatic carbocycles. The van der Waals surface area contributed by atoms with E-state index in [1.54, 1.807) is 13.2 Å². The molecule has 0 aliphatic heterocycles. The first-order chi connectivity index (χ1) is 9.11. The van der Waals surface area contributed by atoms with Gasteiger partial charge in [0, 0.05) is 5.56 Å². The van der Waals surface area contributed by atoms with Crippen LogP contribution in [0, 0.1) is 12.7 Å². The largest absolute Gasteiger partial charge is 0.493 e. The highest BCUT2D eigenvalue weighted by atomic mass is 79.9. The molecule has 2 rings (SSSR count). The van der Waals surface area contributed by atoms with Gasteiger partial charge in [-0.1, -0.05) is 18.2 Å². The smallest absolute Gasteiger partial charge is 0.161 e. The molecule has 0 amide bonds. The molecular weight excluding hydrogens is 311 g/mol. The van der Waals surface area contributed by atoms with Crippen LogP contribution in [0.1, 0.15) is 11.1 Å². The summed E-state index contributed by atoms with van der Waals surface area (Å²) in [6.45, 7) is 2.26. The molecule has 0 unspecified atom stereocenters. The van der Waals surface area contributed by atoms with E-state index in [4.69, 9.17) is 9.47 Å². The Hall–Kier alpha value is -1.55. The third-order valence-corrected chi connectivity index (χ3v) is 3.62.